The average Bonchev–Trinajstić information content (AvgIpc) is 3.07. The number of fused-ring (bicyclic) bond motifs is 3. The third-order valence-corrected chi connectivity index (χ3v) is 6.85. The summed E-state index contributed by atoms with van der Waals surface area (Å²) in [5.41, 5.74) is 5.06. The van der Waals surface area contributed by atoms with Crippen LogP contribution in [0.3, 0.4) is 0 Å². The molecule has 4 rings (SSSR count). The summed E-state index contributed by atoms with van der Waals surface area (Å²) in [4.78, 5) is 27.4. The molecule has 1 amide bonds. The number of amides is 1. The Balaban J connectivity index is 1.97. The maximum atomic E-state index is 13.4. The number of rotatable bonds is 5. The maximum Gasteiger partial charge on any atom is 0.217 e. The Bertz CT molecular complexity index is 1140. The van der Waals surface area contributed by atoms with Gasteiger partial charge in [0.2, 0.25) is 11.3 Å². The largest absolute Gasteiger partial charge is 0.392 e. The molecule has 1 saturated heterocycles. The van der Waals surface area contributed by atoms with E-state index in [0.717, 1.165) is 16.7 Å². The highest BCUT2D eigenvalue weighted by molar-refractivity contribution is 5.79. The van der Waals surface area contributed by atoms with Crippen LogP contribution in [0.2, 0.25) is 0 Å². The fourth-order valence-corrected chi connectivity index (χ4v) is 5.18. The number of aryl methyl sites for hydroxylation is 1. The van der Waals surface area contributed by atoms with Crippen molar-refractivity contribution in [2.75, 3.05) is 31.1 Å². The van der Waals surface area contributed by atoms with E-state index < -0.39 is 6.04 Å². The lowest BCUT2D eigenvalue weighted by molar-refractivity contribution is -0.119. The Morgan fingerprint density at radius 2 is 1.76 bits per heavy atom. The van der Waals surface area contributed by atoms with Gasteiger partial charge >= 0.3 is 0 Å². The molecule has 1 unspecified atom stereocenters. The Morgan fingerprint density at radius 3 is 2.38 bits per heavy atom. The Hall–Kier alpha value is -2.82. The minimum absolute atomic E-state index is 0.148. The normalized spacial score (nSPS) is 18.1. The fraction of sp³-hybridized carbons (Fsp3) is 0.440. The van der Waals surface area contributed by atoms with Crippen molar-refractivity contribution in [2.45, 2.75) is 45.6 Å². The van der Waals surface area contributed by atoms with Gasteiger partial charge in [0.05, 0.1) is 31.5 Å². The van der Waals surface area contributed by atoms with Gasteiger partial charge in [-0.2, -0.15) is 0 Å². The molecule has 1 fully saturated rings. The van der Waals surface area contributed by atoms with Crippen molar-refractivity contribution in [1.29, 1.82) is 0 Å². The van der Waals surface area contributed by atoms with Gasteiger partial charge < -0.3 is 25.5 Å². The number of benzene rings is 1. The lowest BCUT2D eigenvalue weighted by Gasteiger charge is -2.32. The molecule has 0 radical (unpaired) electrons. The second-order valence-electron chi connectivity index (χ2n) is 8.91. The number of nitrogens with two attached hydrogens (primary N) is 1. The molecule has 9 heteroatoms. The number of piperazine rings is 1. The number of hydrazine groups is 1. The quantitative estimate of drug-likeness (QED) is 0.395. The third kappa shape index (κ3) is 4.57. The van der Waals surface area contributed by atoms with Crippen LogP contribution in [-0.2, 0) is 31.0 Å². The van der Waals surface area contributed by atoms with Crippen molar-refractivity contribution < 1.29 is 20.1 Å². The first-order chi connectivity index (χ1) is 16.4. The van der Waals surface area contributed by atoms with Gasteiger partial charge in [0.15, 0.2) is 0 Å². The van der Waals surface area contributed by atoms with Gasteiger partial charge in [0.25, 0.3) is 0 Å². The van der Waals surface area contributed by atoms with Crippen LogP contribution in [0, 0.1) is 0 Å². The number of carbonyl (C=O) groups is 1. The Morgan fingerprint density at radius 1 is 1.06 bits per heavy atom. The summed E-state index contributed by atoms with van der Waals surface area (Å²) in [6.07, 6.45) is 1.13. The first-order valence-corrected chi connectivity index (χ1v) is 11.6. The van der Waals surface area contributed by atoms with Crippen LogP contribution in [0.1, 0.15) is 47.2 Å². The van der Waals surface area contributed by atoms with E-state index >= 15 is 0 Å². The lowest BCUT2D eigenvalue weighted by Crippen LogP contribution is -2.50. The van der Waals surface area contributed by atoms with E-state index in [2.05, 4.69) is 5.32 Å². The molecular weight excluding hydrogens is 436 g/mol. The monoisotopic (exact) mass is 468 g/mol. The van der Waals surface area contributed by atoms with Crippen molar-refractivity contribution in [3.63, 3.8) is 0 Å². The number of nitrogens with one attached hydrogen (secondary N) is 1. The number of anilines is 1. The molecule has 1 atom stereocenters. The second kappa shape index (κ2) is 10.2. The molecule has 0 aromatic heterocycles. The van der Waals surface area contributed by atoms with Crippen LogP contribution >= 0.6 is 0 Å². The van der Waals surface area contributed by atoms with E-state index in [1.165, 1.54) is 6.92 Å². The number of aliphatic hydroxyl groups excluding tert-OH is 3. The molecule has 9 nitrogen and oxygen atoms in total. The van der Waals surface area contributed by atoms with Crippen LogP contribution in [0.25, 0.3) is 11.1 Å². The van der Waals surface area contributed by atoms with Crippen molar-refractivity contribution in [2.24, 2.45) is 5.84 Å². The summed E-state index contributed by atoms with van der Waals surface area (Å²) in [6, 6.07) is 6.73. The van der Waals surface area contributed by atoms with Gasteiger partial charge in [-0.1, -0.05) is 12.1 Å². The summed E-state index contributed by atoms with van der Waals surface area (Å²) in [5, 5.41) is 34.9. The maximum absolute atomic E-state index is 13.4. The van der Waals surface area contributed by atoms with Gasteiger partial charge in [-0.3, -0.25) is 15.4 Å². The summed E-state index contributed by atoms with van der Waals surface area (Å²) in [7, 11) is 0. The zero-order valence-electron chi connectivity index (χ0n) is 19.4. The van der Waals surface area contributed by atoms with E-state index in [0.29, 0.717) is 67.0 Å². The number of carbonyl (C=O) groups excluding carboxylic acids is 1. The molecule has 0 spiro atoms. The molecular formula is C25H32N4O5. The van der Waals surface area contributed by atoms with Crippen molar-refractivity contribution in [3.8, 4) is 11.1 Å². The van der Waals surface area contributed by atoms with Crippen molar-refractivity contribution in [3.05, 3.63) is 62.3 Å². The highest BCUT2D eigenvalue weighted by Crippen LogP contribution is 2.41. The third-order valence-electron chi connectivity index (χ3n) is 6.85. The topological polar surface area (TPSA) is 139 Å². The van der Waals surface area contributed by atoms with E-state index in [1.54, 1.807) is 17.1 Å². The van der Waals surface area contributed by atoms with E-state index in [4.69, 9.17) is 5.84 Å². The number of hydrogen-bond donors (Lipinski definition) is 5. The zero-order valence-corrected chi connectivity index (χ0v) is 19.4. The van der Waals surface area contributed by atoms with Crippen LogP contribution in [0.15, 0.2) is 29.1 Å². The summed E-state index contributed by atoms with van der Waals surface area (Å²) < 4.78 is 0. The predicted molar refractivity (Wildman–Crippen MR) is 129 cm³/mol. The van der Waals surface area contributed by atoms with Gasteiger partial charge in [-0.05, 0) is 63.9 Å². The predicted octanol–water partition coefficient (Wildman–Crippen LogP) is 0.310. The standard InChI is InChI=1S/C25H32N4O5/c1-15(33)27-22-4-2-16-10-17(12-30)20(13-31)21(14-32)25(16)18-3-5-23(24(34)11-19(18)22)28-6-8-29(26)9-7-28/h3,5,10-11,22,30-32H,2,4,6-9,12-14,26H2,1H3,(H,27,33). The highest BCUT2D eigenvalue weighted by Gasteiger charge is 2.28. The first kappa shape index (κ1) is 24.3. The molecule has 0 saturated carbocycles. The van der Waals surface area contributed by atoms with E-state index in [9.17, 15) is 24.9 Å². The minimum Gasteiger partial charge on any atom is -0.392 e. The van der Waals surface area contributed by atoms with Gasteiger partial charge in [0, 0.05) is 33.1 Å². The van der Waals surface area contributed by atoms with E-state index in [1.807, 2.05) is 17.0 Å². The second-order valence-corrected chi connectivity index (χ2v) is 8.91. The summed E-state index contributed by atoms with van der Waals surface area (Å²) in [6.45, 7) is 3.08. The summed E-state index contributed by atoms with van der Waals surface area (Å²) in [5.74, 6) is 5.68. The molecule has 182 valence electrons. The molecule has 1 aliphatic heterocycles. The van der Waals surface area contributed by atoms with Crippen LogP contribution in [0.4, 0.5) is 5.69 Å². The van der Waals surface area contributed by atoms with Crippen LogP contribution in [0.5, 0.6) is 0 Å². The highest BCUT2D eigenvalue weighted by atomic mass is 16.3. The number of aliphatic hydroxyl groups is 3. The fourth-order valence-electron chi connectivity index (χ4n) is 5.18. The lowest BCUT2D eigenvalue weighted by atomic mass is 9.87. The average molecular weight is 469 g/mol. The number of hydrogen-bond acceptors (Lipinski definition) is 8. The van der Waals surface area contributed by atoms with Crippen molar-refractivity contribution in [1.82, 2.24) is 10.3 Å². The van der Waals surface area contributed by atoms with E-state index in [-0.39, 0.29) is 31.2 Å². The zero-order chi connectivity index (χ0) is 24.4. The number of nitrogens with zero attached hydrogens (tertiary/aromatic N) is 2. The molecule has 34 heavy (non-hydrogen) atoms. The van der Waals surface area contributed by atoms with Gasteiger partial charge in [-0.15, -0.1) is 0 Å². The molecule has 1 aliphatic carbocycles. The van der Waals surface area contributed by atoms with Crippen LogP contribution in [-0.4, -0.2) is 52.4 Å². The molecule has 1 heterocycles. The molecule has 2 aliphatic rings. The Labute approximate surface area is 198 Å². The van der Waals surface area contributed by atoms with Gasteiger partial charge in [-0.25, -0.2) is 5.01 Å². The molecule has 2 aromatic carbocycles. The minimum atomic E-state index is -0.393. The Kier molecular flexibility index (Phi) is 7.30. The van der Waals surface area contributed by atoms with Gasteiger partial charge in [0.1, 0.15) is 0 Å². The molecule has 2 aromatic rings. The first-order valence-electron chi connectivity index (χ1n) is 11.6. The molecule has 6 N–H and O–H groups in total. The SMILES string of the molecule is CC(=O)NC1CCc2cc(CO)c(CO)c(CO)c2-c2ccc(N3CCN(N)CC3)c(=O)cc21. The summed E-state index contributed by atoms with van der Waals surface area (Å²) >= 11 is 0. The smallest absolute Gasteiger partial charge is 0.217 e. The molecule has 0 bridgehead atoms. The van der Waals surface area contributed by atoms with Crippen LogP contribution < -0.4 is 21.5 Å². The van der Waals surface area contributed by atoms with Crippen molar-refractivity contribution >= 4 is 11.6 Å².